The van der Waals surface area contributed by atoms with Crippen LogP contribution in [-0.4, -0.2) is 37.2 Å². The Bertz CT molecular complexity index is 1150. The van der Waals surface area contributed by atoms with E-state index in [0.717, 1.165) is 17.4 Å². The fraction of sp³-hybridized carbons (Fsp3) is 0.143. The Morgan fingerprint density at radius 2 is 1.83 bits per heavy atom. The van der Waals surface area contributed by atoms with Crippen molar-refractivity contribution in [2.75, 3.05) is 26.6 Å². The van der Waals surface area contributed by atoms with Crippen LogP contribution >= 0.6 is 0 Å². The Morgan fingerprint density at radius 1 is 1.07 bits per heavy atom. The minimum Gasteiger partial charge on any atom is -0.493 e. The quantitative estimate of drug-likeness (QED) is 0.471. The van der Waals surface area contributed by atoms with Crippen LogP contribution in [0.25, 0.3) is 16.7 Å². The number of imidazole rings is 1. The summed E-state index contributed by atoms with van der Waals surface area (Å²) in [5.74, 6) is 2.18. The average Bonchev–Trinajstić information content (AvgIpc) is 3.42. The number of nitrogens with one attached hydrogen (secondary N) is 1. The Balaban J connectivity index is 1.70. The van der Waals surface area contributed by atoms with Crippen LogP contribution in [-0.2, 0) is 0 Å². The van der Waals surface area contributed by atoms with Crippen molar-refractivity contribution in [1.29, 1.82) is 0 Å². The maximum Gasteiger partial charge on any atom is 0.203 e. The molecule has 0 bridgehead atoms. The molecule has 8 nitrogen and oxygen atoms in total. The third-order valence-corrected chi connectivity index (χ3v) is 4.50. The van der Waals surface area contributed by atoms with Crippen LogP contribution in [0.5, 0.6) is 17.2 Å². The van der Waals surface area contributed by atoms with Gasteiger partial charge in [0.2, 0.25) is 5.75 Å². The second-order valence-corrected chi connectivity index (χ2v) is 6.20. The zero-order chi connectivity index (χ0) is 20.4. The van der Waals surface area contributed by atoms with E-state index in [9.17, 15) is 4.79 Å². The first-order chi connectivity index (χ1) is 14.2. The van der Waals surface area contributed by atoms with Crippen molar-refractivity contribution >= 4 is 28.8 Å². The van der Waals surface area contributed by atoms with E-state index in [4.69, 9.17) is 18.6 Å². The predicted molar refractivity (Wildman–Crippen MR) is 108 cm³/mol. The number of aromatic nitrogens is 2. The summed E-state index contributed by atoms with van der Waals surface area (Å²) >= 11 is 0. The van der Waals surface area contributed by atoms with Crippen molar-refractivity contribution < 1.29 is 23.4 Å². The summed E-state index contributed by atoms with van der Waals surface area (Å²) in [6, 6.07) is 8.94. The molecule has 4 rings (SSSR count). The Hall–Kier alpha value is -3.94. The SMILES string of the molecule is COc1cc(-n2cnc(Nc3cc(C=O)cc4ccoc34)c2)cc(OC)c1OC. The Kier molecular flexibility index (Phi) is 4.82. The van der Waals surface area contributed by atoms with Crippen molar-refractivity contribution in [3.05, 3.63) is 54.7 Å². The van der Waals surface area contributed by atoms with E-state index in [2.05, 4.69) is 10.3 Å². The van der Waals surface area contributed by atoms with Gasteiger partial charge in [0.1, 0.15) is 18.4 Å². The lowest BCUT2D eigenvalue weighted by molar-refractivity contribution is 0.112. The molecular weight excluding hydrogens is 374 g/mol. The van der Waals surface area contributed by atoms with Gasteiger partial charge >= 0.3 is 0 Å². The molecule has 0 unspecified atom stereocenters. The van der Waals surface area contributed by atoms with Gasteiger partial charge in [0.05, 0.1) is 45.2 Å². The topological polar surface area (TPSA) is 87.8 Å². The second kappa shape index (κ2) is 7.59. The number of hydrogen-bond acceptors (Lipinski definition) is 7. The first-order valence-electron chi connectivity index (χ1n) is 8.74. The molecule has 0 spiro atoms. The van der Waals surface area contributed by atoms with E-state index in [-0.39, 0.29) is 0 Å². The molecule has 0 fully saturated rings. The molecule has 0 aliphatic rings. The highest BCUT2D eigenvalue weighted by Gasteiger charge is 2.15. The number of furan rings is 1. The number of carbonyl (C=O) groups excluding carboxylic acids is 1. The minimum atomic E-state index is 0.517. The summed E-state index contributed by atoms with van der Waals surface area (Å²) in [5.41, 5.74) is 2.64. The van der Waals surface area contributed by atoms with Gasteiger partial charge in [-0.05, 0) is 18.2 Å². The van der Waals surface area contributed by atoms with E-state index < -0.39 is 0 Å². The molecule has 2 aromatic heterocycles. The summed E-state index contributed by atoms with van der Waals surface area (Å²) in [4.78, 5) is 15.6. The molecule has 29 heavy (non-hydrogen) atoms. The summed E-state index contributed by atoms with van der Waals surface area (Å²) in [7, 11) is 4.69. The highest BCUT2D eigenvalue weighted by molar-refractivity contribution is 5.95. The Morgan fingerprint density at radius 3 is 2.48 bits per heavy atom. The Labute approximate surface area is 166 Å². The summed E-state index contributed by atoms with van der Waals surface area (Å²) < 4.78 is 23.5. The van der Waals surface area contributed by atoms with Crippen LogP contribution in [0.15, 0.2) is 53.5 Å². The van der Waals surface area contributed by atoms with Crippen LogP contribution in [0.2, 0.25) is 0 Å². The molecule has 0 aliphatic carbocycles. The highest BCUT2D eigenvalue weighted by atomic mass is 16.5. The highest BCUT2D eigenvalue weighted by Crippen LogP contribution is 2.39. The standard InChI is InChI=1S/C21H19N3O5/c1-26-17-8-15(9-18(27-2)21(17)28-3)24-10-19(22-12-24)23-16-7-13(11-25)6-14-4-5-29-20(14)16/h4-12,23H,1-3H3. The van der Waals surface area contributed by atoms with Gasteiger partial charge in [-0.2, -0.15) is 0 Å². The molecule has 0 atom stereocenters. The number of methoxy groups -OCH3 is 3. The number of benzene rings is 2. The van der Waals surface area contributed by atoms with Crippen LogP contribution in [0.3, 0.4) is 0 Å². The lowest BCUT2D eigenvalue weighted by Gasteiger charge is -2.14. The first-order valence-corrected chi connectivity index (χ1v) is 8.74. The van der Waals surface area contributed by atoms with Crippen molar-refractivity contribution in [2.24, 2.45) is 0 Å². The van der Waals surface area contributed by atoms with E-state index in [1.165, 1.54) is 0 Å². The third-order valence-electron chi connectivity index (χ3n) is 4.50. The fourth-order valence-electron chi connectivity index (χ4n) is 3.15. The van der Waals surface area contributed by atoms with Gasteiger partial charge in [-0.25, -0.2) is 4.98 Å². The fourth-order valence-corrected chi connectivity index (χ4v) is 3.15. The van der Waals surface area contributed by atoms with Crippen LogP contribution in [0.4, 0.5) is 11.5 Å². The minimum absolute atomic E-state index is 0.517. The molecule has 2 heterocycles. The van der Waals surface area contributed by atoms with Crippen molar-refractivity contribution in [3.63, 3.8) is 0 Å². The van der Waals surface area contributed by atoms with E-state index >= 15 is 0 Å². The van der Waals surface area contributed by atoms with Gasteiger partial charge in [-0.1, -0.05) is 0 Å². The first kappa shape index (κ1) is 18.4. The maximum absolute atomic E-state index is 11.2. The second-order valence-electron chi connectivity index (χ2n) is 6.20. The van der Waals surface area contributed by atoms with E-state index in [0.29, 0.717) is 39.9 Å². The molecule has 0 saturated carbocycles. The van der Waals surface area contributed by atoms with Crippen molar-refractivity contribution in [1.82, 2.24) is 9.55 Å². The molecule has 1 N–H and O–H groups in total. The van der Waals surface area contributed by atoms with Crippen LogP contribution < -0.4 is 19.5 Å². The number of carbonyl (C=O) groups is 1. The summed E-state index contributed by atoms with van der Waals surface area (Å²) in [5, 5.41) is 4.04. The molecular formula is C21H19N3O5. The summed E-state index contributed by atoms with van der Waals surface area (Å²) in [6.07, 6.45) is 5.85. The third kappa shape index (κ3) is 3.36. The number of nitrogens with zero attached hydrogens (tertiary/aromatic N) is 2. The van der Waals surface area contributed by atoms with E-state index in [1.807, 2.05) is 29.0 Å². The van der Waals surface area contributed by atoms with Crippen molar-refractivity contribution in [3.8, 4) is 22.9 Å². The van der Waals surface area contributed by atoms with Gasteiger partial charge in [-0.3, -0.25) is 4.79 Å². The van der Waals surface area contributed by atoms with Gasteiger partial charge in [-0.15, -0.1) is 0 Å². The molecule has 0 amide bonds. The molecule has 8 heteroatoms. The zero-order valence-electron chi connectivity index (χ0n) is 16.1. The number of hydrogen-bond donors (Lipinski definition) is 1. The van der Waals surface area contributed by atoms with Crippen molar-refractivity contribution in [2.45, 2.75) is 0 Å². The van der Waals surface area contributed by atoms with Crippen LogP contribution in [0, 0.1) is 0 Å². The monoisotopic (exact) mass is 393 g/mol. The lowest BCUT2D eigenvalue weighted by Crippen LogP contribution is -1.98. The zero-order valence-corrected chi connectivity index (χ0v) is 16.1. The molecule has 0 aliphatic heterocycles. The maximum atomic E-state index is 11.2. The number of fused-ring (bicyclic) bond motifs is 1. The predicted octanol–water partition coefficient (Wildman–Crippen LogP) is 4.20. The molecule has 2 aromatic carbocycles. The normalized spacial score (nSPS) is 10.7. The number of anilines is 2. The van der Waals surface area contributed by atoms with Gasteiger partial charge < -0.3 is 28.5 Å². The smallest absolute Gasteiger partial charge is 0.203 e. The van der Waals surface area contributed by atoms with Crippen LogP contribution in [0.1, 0.15) is 10.4 Å². The van der Waals surface area contributed by atoms with Gasteiger partial charge in [0.15, 0.2) is 17.1 Å². The molecule has 0 radical (unpaired) electrons. The largest absolute Gasteiger partial charge is 0.493 e. The van der Waals surface area contributed by atoms with Gasteiger partial charge in [0, 0.05) is 23.1 Å². The average molecular weight is 393 g/mol. The molecule has 0 saturated heterocycles. The van der Waals surface area contributed by atoms with E-state index in [1.54, 1.807) is 46.1 Å². The number of aldehydes is 1. The molecule has 148 valence electrons. The molecule has 4 aromatic rings. The summed E-state index contributed by atoms with van der Waals surface area (Å²) in [6.45, 7) is 0. The van der Waals surface area contributed by atoms with Gasteiger partial charge in [0.25, 0.3) is 0 Å². The number of rotatable bonds is 7. The number of ether oxygens (including phenoxy) is 3. The lowest BCUT2D eigenvalue weighted by atomic mass is 10.1.